The first kappa shape index (κ1) is 12.6. The van der Waals surface area contributed by atoms with Crippen molar-refractivity contribution in [2.75, 3.05) is 4.90 Å². The van der Waals surface area contributed by atoms with Crippen molar-refractivity contribution in [1.82, 2.24) is 0 Å². The number of hydrogen-bond acceptors (Lipinski definition) is 3. The van der Waals surface area contributed by atoms with E-state index in [9.17, 15) is 4.79 Å². The number of amides is 1. The molecule has 0 aliphatic carbocycles. The minimum atomic E-state index is 0.00815. The number of carbonyl (C=O) groups is 1. The molecule has 1 amide bonds. The molecule has 0 radical (unpaired) electrons. The maximum Gasteiger partial charge on any atom is 0.246 e. The zero-order valence-corrected chi connectivity index (χ0v) is 11.6. The van der Waals surface area contributed by atoms with Gasteiger partial charge in [-0.05, 0) is 25.5 Å². The second-order valence-electron chi connectivity index (χ2n) is 4.17. The molecule has 90 valence electrons. The van der Waals surface area contributed by atoms with Crippen molar-refractivity contribution < 1.29 is 4.79 Å². The van der Waals surface area contributed by atoms with E-state index in [2.05, 4.69) is 6.92 Å². The molecule has 0 saturated carbocycles. The molecule has 0 bridgehead atoms. The predicted molar refractivity (Wildman–Crippen MR) is 77.6 cm³/mol. The van der Waals surface area contributed by atoms with Crippen molar-refractivity contribution >= 4 is 39.9 Å². The van der Waals surface area contributed by atoms with Gasteiger partial charge in [-0.25, -0.2) is 0 Å². The van der Waals surface area contributed by atoms with Gasteiger partial charge in [0.1, 0.15) is 4.32 Å². The summed E-state index contributed by atoms with van der Waals surface area (Å²) < 4.78 is 0.678. The summed E-state index contributed by atoms with van der Waals surface area (Å²) in [5, 5.41) is 0.00815. The maximum atomic E-state index is 12.2. The van der Waals surface area contributed by atoms with Crippen molar-refractivity contribution in [1.29, 1.82) is 0 Å². The van der Waals surface area contributed by atoms with Gasteiger partial charge in [-0.2, -0.15) is 0 Å². The standard InChI is InChI=1S/C13H15NOS2/c1-3-4-11-12(15)14(13(16)17-11)10-7-5-9(2)6-8-10/h5-8,11H,3-4H2,1-2H3. The first-order chi connectivity index (χ1) is 8.13. The number of rotatable bonds is 3. The summed E-state index contributed by atoms with van der Waals surface area (Å²) in [6.45, 7) is 4.12. The third-order valence-electron chi connectivity index (χ3n) is 2.76. The summed E-state index contributed by atoms with van der Waals surface area (Å²) in [6, 6.07) is 7.91. The van der Waals surface area contributed by atoms with E-state index in [4.69, 9.17) is 12.2 Å². The van der Waals surface area contributed by atoms with Gasteiger partial charge in [-0.15, -0.1) is 0 Å². The van der Waals surface area contributed by atoms with Gasteiger partial charge in [0.2, 0.25) is 5.91 Å². The highest BCUT2D eigenvalue weighted by molar-refractivity contribution is 8.25. The molecule has 1 saturated heterocycles. The Kier molecular flexibility index (Phi) is 3.84. The molecule has 1 aromatic rings. The second kappa shape index (κ2) is 5.19. The molecule has 1 fully saturated rings. The van der Waals surface area contributed by atoms with Crippen molar-refractivity contribution in [3.05, 3.63) is 29.8 Å². The van der Waals surface area contributed by atoms with Crippen LogP contribution in [0.2, 0.25) is 0 Å². The van der Waals surface area contributed by atoms with Gasteiger partial charge in [0.15, 0.2) is 0 Å². The topological polar surface area (TPSA) is 20.3 Å². The molecular formula is C13H15NOS2. The molecule has 2 nitrogen and oxygen atoms in total. The lowest BCUT2D eigenvalue weighted by atomic mass is 10.2. The van der Waals surface area contributed by atoms with E-state index in [0.717, 1.165) is 18.5 Å². The SMILES string of the molecule is CCCC1SC(=S)N(c2ccc(C)cc2)C1=O. The van der Waals surface area contributed by atoms with E-state index in [0.29, 0.717) is 4.32 Å². The molecule has 1 atom stereocenters. The number of thiocarbonyl (C=S) groups is 1. The van der Waals surface area contributed by atoms with E-state index in [1.54, 1.807) is 4.90 Å². The fourth-order valence-electron chi connectivity index (χ4n) is 1.83. The van der Waals surface area contributed by atoms with Gasteiger partial charge >= 0.3 is 0 Å². The molecular weight excluding hydrogens is 250 g/mol. The summed E-state index contributed by atoms with van der Waals surface area (Å²) >= 11 is 6.80. The minimum Gasteiger partial charge on any atom is -0.273 e. The highest BCUT2D eigenvalue weighted by Gasteiger charge is 2.36. The molecule has 1 aliphatic rings. The van der Waals surface area contributed by atoms with Crippen molar-refractivity contribution in [3.63, 3.8) is 0 Å². The van der Waals surface area contributed by atoms with Gasteiger partial charge < -0.3 is 0 Å². The van der Waals surface area contributed by atoms with E-state index in [-0.39, 0.29) is 11.2 Å². The highest BCUT2D eigenvalue weighted by Crippen LogP contribution is 2.34. The largest absolute Gasteiger partial charge is 0.273 e. The Morgan fingerprint density at radius 2 is 2.00 bits per heavy atom. The first-order valence-electron chi connectivity index (χ1n) is 5.74. The smallest absolute Gasteiger partial charge is 0.246 e. The molecule has 0 N–H and O–H groups in total. The Balaban J connectivity index is 2.24. The normalized spacial score (nSPS) is 20.1. The van der Waals surface area contributed by atoms with Crippen molar-refractivity contribution in [3.8, 4) is 0 Å². The molecule has 1 aromatic carbocycles. The predicted octanol–water partition coefficient (Wildman–Crippen LogP) is 3.53. The van der Waals surface area contributed by atoms with Gasteiger partial charge in [-0.3, -0.25) is 9.69 Å². The zero-order chi connectivity index (χ0) is 12.4. The molecule has 17 heavy (non-hydrogen) atoms. The minimum absolute atomic E-state index is 0.00815. The molecule has 4 heteroatoms. The van der Waals surface area contributed by atoms with Crippen LogP contribution in [0.25, 0.3) is 0 Å². The third-order valence-corrected chi connectivity index (χ3v) is 4.34. The molecule has 0 spiro atoms. The lowest BCUT2D eigenvalue weighted by Gasteiger charge is -2.15. The summed E-state index contributed by atoms with van der Waals surface area (Å²) in [7, 11) is 0. The number of thioether (sulfide) groups is 1. The lowest BCUT2D eigenvalue weighted by molar-refractivity contribution is -0.117. The number of aryl methyl sites for hydroxylation is 1. The number of hydrogen-bond donors (Lipinski definition) is 0. The number of anilines is 1. The zero-order valence-electron chi connectivity index (χ0n) is 9.97. The summed E-state index contributed by atoms with van der Waals surface area (Å²) in [5.41, 5.74) is 2.07. The Morgan fingerprint density at radius 1 is 1.35 bits per heavy atom. The number of carbonyl (C=O) groups excluding carboxylic acids is 1. The third kappa shape index (κ3) is 2.53. The van der Waals surface area contributed by atoms with E-state index in [1.807, 2.05) is 31.2 Å². The fraction of sp³-hybridized carbons (Fsp3) is 0.385. The molecule has 1 heterocycles. The maximum absolute atomic E-state index is 12.2. The van der Waals surface area contributed by atoms with Crippen LogP contribution in [0.1, 0.15) is 25.3 Å². The molecule has 1 aliphatic heterocycles. The van der Waals surface area contributed by atoms with Crippen LogP contribution in [-0.4, -0.2) is 15.5 Å². The van der Waals surface area contributed by atoms with E-state index >= 15 is 0 Å². The lowest BCUT2D eigenvalue weighted by Crippen LogP contribution is -2.31. The van der Waals surface area contributed by atoms with E-state index < -0.39 is 0 Å². The Labute approximate surface area is 111 Å². The average Bonchev–Trinajstić information content (AvgIpc) is 2.57. The van der Waals surface area contributed by atoms with Gasteiger partial charge in [-0.1, -0.05) is 55.0 Å². The summed E-state index contributed by atoms with van der Waals surface area (Å²) in [5.74, 6) is 0.130. The van der Waals surface area contributed by atoms with Crippen LogP contribution in [0.5, 0.6) is 0 Å². The van der Waals surface area contributed by atoms with Crippen LogP contribution < -0.4 is 4.90 Å². The van der Waals surface area contributed by atoms with Gasteiger partial charge in [0.05, 0.1) is 10.9 Å². The van der Waals surface area contributed by atoms with Gasteiger partial charge in [0, 0.05) is 0 Å². The van der Waals surface area contributed by atoms with Crippen LogP contribution in [-0.2, 0) is 4.79 Å². The Bertz CT molecular complexity index is 441. The Hall–Kier alpha value is -0.870. The van der Waals surface area contributed by atoms with Crippen molar-refractivity contribution in [2.45, 2.75) is 31.9 Å². The summed E-state index contributed by atoms with van der Waals surface area (Å²) in [4.78, 5) is 13.9. The number of benzene rings is 1. The fourth-order valence-corrected chi connectivity index (χ4v) is 3.48. The molecule has 1 unspecified atom stereocenters. The second-order valence-corrected chi connectivity index (χ2v) is 6.01. The first-order valence-corrected chi connectivity index (χ1v) is 7.03. The van der Waals surface area contributed by atoms with Crippen LogP contribution in [0.15, 0.2) is 24.3 Å². The quantitative estimate of drug-likeness (QED) is 0.780. The number of nitrogens with zero attached hydrogens (tertiary/aromatic N) is 1. The summed E-state index contributed by atoms with van der Waals surface area (Å²) in [6.07, 6.45) is 1.90. The Morgan fingerprint density at radius 3 is 2.59 bits per heavy atom. The van der Waals surface area contributed by atoms with Gasteiger partial charge in [0.25, 0.3) is 0 Å². The van der Waals surface area contributed by atoms with Crippen LogP contribution in [0, 0.1) is 6.92 Å². The highest BCUT2D eigenvalue weighted by atomic mass is 32.2. The molecule has 2 rings (SSSR count). The van der Waals surface area contributed by atoms with Crippen LogP contribution >= 0.6 is 24.0 Å². The van der Waals surface area contributed by atoms with Crippen LogP contribution in [0.3, 0.4) is 0 Å². The monoisotopic (exact) mass is 265 g/mol. The van der Waals surface area contributed by atoms with Crippen molar-refractivity contribution in [2.24, 2.45) is 0 Å². The van der Waals surface area contributed by atoms with E-state index in [1.165, 1.54) is 17.3 Å². The molecule has 0 aromatic heterocycles. The average molecular weight is 265 g/mol. The van der Waals surface area contributed by atoms with Crippen LogP contribution in [0.4, 0.5) is 5.69 Å².